The first-order chi connectivity index (χ1) is 7.54. The largest absolute Gasteiger partial charge is 0.464 e. The molecule has 0 fully saturated rings. The zero-order valence-electron chi connectivity index (χ0n) is 8.93. The Labute approximate surface area is 96.4 Å². The van der Waals surface area contributed by atoms with Gasteiger partial charge in [0.05, 0.1) is 13.2 Å². The van der Waals surface area contributed by atoms with Crippen LogP contribution in [0.15, 0.2) is 5.38 Å². The van der Waals surface area contributed by atoms with Crippen molar-refractivity contribution in [2.24, 2.45) is 5.73 Å². The molecule has 1 atom stereocenters. The highest BCUT2D eigenvalue weighted by Gasteiger charge is 2.16. The van der Waals surface area contributed by atoms with Crippen LogP contribution in [0.4, 0.5) is 0 Å². The van der Waals surface area contributed by atoms with E-state index in [1.807, 2.05) is 0 Å². The van der Waals surface area contributed by atoms with Crippen LogP contribution in [0.1, 0.15) is 28.5 Å². The molecule has 1 heterocycles. The minimum atomic E-state index is -0.521. The average Bonchev–Trinajstić information content (AvgIpc) is 2.74. The Kier molecular flexibility index (Phi) is 4.39. The van der Waals surface area contributed by atoms with E-state index in [1.54, 1.807) is 5.38 Å². The summed E-state index contributed by atoms with van der Waals surface area (Å²) in [5.74, 6) is -0.914. The van der Waals surface area contributed by atoms with Gasteiger partial charge in [-0.3, -0.25) is 4.79 Å². The van der Waals surface area contributed by atoms with Crippen molar-refractivity contribution in [1.82, 2.24) is 4.98 Å². The van der Waals surface area contributed by atoms with Crippen LogP contribution in [0.25, 0.3) is 0 Å². The van der Waals surface area contributed by atoms with Crippen molar-refractivity contribution in [2.75, 3.05) is 13.7 Å². The first-order valence-corrected chi connectivity index (χ1v) is 5.35. The second-order valence-electron chi connectivity index (χ2n) is 2.97. The molecule has 88 valence electrons. The summed E-state index contributed by atoms with van der Waals surface area (Å²) in [7, 11) is 1.28. The van der Waals surface area contributed by atoms with Crippen molar-refractivity contribution in [2.45, 2.75) is 13.0 Å². The second kappa shape index (κ2) is 5.57. The van der Waals surface area contributed by atoms with Crippen LogP contribution in [0, 0.1) is 0 Å². The molecular weight excluding hydrogens is 232 g/mol. The van der Waals surface area contributed by atoms with E-state index in [4.69, 9.17) is 10.5 Å². The maximum atomic E-state index is 11.1. The molecule has 0 aliphatic heterocycles. The van der Waals surface area contributed by atoms with Crippen LogP contribution in [-0.2, 0) is 14.3 Å². The Morgan fingerprint density at radius 3 is 2.88 bits per heavy atom. The Morgan fingerprint density at radius 1 is 1.62 bits per heavy atom. The van der Waals surface area contributed by atoms with Crippen molar-refractivity contribution in [3.05, 3.63) is 16.1 Å². The first-order valence-electron chi connectivity index (χ1n) is 4.47. The van der Waals surface area contributed by atoms with Gasteiger partial charge in [-0.05, 0) is 0 Å². The van der Waals surface area contributed by atoms with Crippen molar-refractivity contribution in [1.29, 1.82) is 0 Å². The van der Waals surface area contributed by atoms with Crippen molar-refractivity contribution < 1.29 is 19.1 Å². The maximum Gasteiger partial charge on any atom is 0.357 e. The Morgan fingerprint density at radius 2 is 2.31 bits per heavy atom. The number of methoxy groups -OCH3 is 1. The van der Waals surface area contributed by atoms with Crippen LogP contribution in [0.5, 0.6) is 0 Å². The summed E-state index contributed by atoms with van der Waals surface area (Å²) in [4.78, 5) is 25.7. The molecule has 0 bridgehead atoms. The molecule has 0 amide bonds. The summed E-state index contributed by atoms with van der Waals surface area (Å²) < 4.78 is 9.25. The zero-order valence-corrected chi connectivity index (χ0v) is 9.74. The second-order valence-corrected chi connectivity index (χ2v) is 3.86. The third-order valence-electron chi connectivity index (χ3n) is 1.70. The molecule has 0 aliphatic carbocycles. The number of carbonyl (C=O) groups excluding carboxylic acids is 2. The molecule has 0 saturated heterocycles. The summed E-state index contributed by atoms with van der Waals surface area (Å²) in [5.41, 5.74) is 5.93. The molecule has 0 spiro atoms. The molecule has 6 nitrogen and oxygen atoms in total. The van der Waals surface area contributed by atoms with Gasteiger partial charge in [-0.1, -0.05) is 0 Å². The lowest BCUT2D eigenvalue weighted by molar-refractivity contribution is -0.141. The minimum Gasteiger partial charge on any atom is -0.464 e. The van der Waals surface area contributed by atoms with Gasteiger partial charge in [-0.25, -0.2) is 9.78 Å². The van der Waals surface area contributed by atoms with Crippen LogP contribution >= 0.6 is 11.3 Å². The Hall–Kier alpha value is -1.47. The lowest BCUT2D eigenvalue weighted by atomic mass is 10.3. The quantitative estimate of drug-likeness (QED) is 0.775. The SMILES string of the molecule is COC(=O)c1csc([C@@H](N)COC(C)=O)n1. The summed E-state index contributed by atoms with van der Waals surface area (Å²) in [5, 5.41) is 2.08. The Bertz CT molecular complexity index is 391. The average molecular weight is 244 g/mol. The summed E-state index contributed by atoms with van der Waals surface area (Å²) in [6.07, 6.45) is 0. The van der Waals surface area contributed by atoms with Gasteiger partial charge in [0.25, 0.3) is 0 Å². The summed E-state index contributed by atoms with van der Waals surface area (Å²) in [6, 6.07) is -0.521. The monoisotopic (exact) mass is 244 g/mol. The fourth-order valence-corrected chi connectivity index (χ4v) is 1.71. The zero-order chi connectivity index (χ0) is 12.1. The third-order valence-corrected chi connectivity index (χ3v) is 2.68. The predicted molar refractivity (Wildman–Crippen MR) is 57.0 cm³/mol. The van der Waals surface area contributed by atoms with Crippen LogP contribution in [0.2, 0.25) is 0 Å². The number of thiazole rings is 1. The summed E-state index contributed by atoms with van der Waals surface area (Å²) >= 11 is 1.22. The molecule has 0 unspecified atom stereocenters. The maximum absolute atomic E-state index is 11.1. The first kappa shape index (κ1) is 12.6. The summed E-state index contributed by atoms with van der Waals surface area (Å²) in [6.45, 7) is 1.35. The topological polar surface area (TPSA) is 91.5 Å². The van der Waals surface area contributed by atoms with Gasteiger partial charge >= 0.3 is 11.9 Å². The molecule has 16 heavy (non-hydrogen) atoms. The van der Waals surface area contributed by atoms with E-state index >= 15 is 0 Å². The number of ether oxygens (including phenoxy) is 2. The van der Waals surface area contributed by atoms with E-state index in [-0.39, 0.29) is 12.3 Å². The normalized spacial score (nSPS) is 11.9. The smallest absolute Gasteiger partial charge is 0.357 e. The Balaban J connectivity index is 2.63. The molecule has 1 aromatic rings. The van der Waals surface area contributed by atoms with E-state index < -0.39 is 18.0 Å². The van der Waals surface area contributed by atoms with Gasteiger partial charge in [0.15, 0.2) is 5.69 Å². The van der Waals surface area contributed by atoms with E-state index in [0.717, 1.165) is 0 Å². The predicted octanol–water partition coefficient (Wildman–Crippen LogP) is 0.493. The standard InChI is InChI=1S/C9H12N2O4S/c1-5(12)15-3-6(10)8-11-7(4-16-8)9(13)14-2/h4,6H,3,10H2,1-2H3/t6-/m0/s1. The fourth-order valence-electron chi connectivity index (χ4n) is 0.935. The van der Waals surface area contributed by atoms with E-state index in [2.05, 4.69) is 9.72 Å². The van der Waals surface area contributed by atoms with Gasteiger partial charge in [0.2, 0.25) is 0 Å². The number of nitrogens with zero attached hydrogens (tertiary/aromatic N) is 1. The molecule has 7 heteroatoms. The van der Waals surface area contributed by atoms with Crippen molar-refractivity contribution in [3.8, 4) is 0 Å². The number of nitrogens with two attached hydrogens (primary N) is 1. The van der Waals surface area contributed by atoms with E-state index in [9.17, 15) is 9.59 Å². The molecule has 2 N–H and O–H groups in total. The van der Waals surface area contributed by atoms with Gasteiger partial charge in [-0.15, -0.1) is 11.3 Å². The van der Waals surface area contributed by atoms with Gasteiger partial charge in [0, 0.05) is 12.3 Å². The highest BCUT2D eigenvalue weighted by Crippen LogP contribution is 2.17. The molecule has 0 saturated carbocycles. The highest BCUT2D eigenvalue weighted by atomic mass is 32.1. The number of carbonyl (C=O) groups is 2. The number of rotatable bonds is 4. The number of hydrogen-bond donors (Lipinski definition) is 1. The third kappa shape index (κ3) is 3.28. The van der Waals surface area contributed by atoms with Gasteiger partial charge in [0.1, 0.15) is 11.6 Å². The van der Waals surface area contributed by atoms with E-state index in [0.29, 0.717) is 5.01 Å². The lowest BCUT2D eigenvalue weighted by Gasteiger charge is -2.07. The molecule has 0 radical (unpaired) electrons. The molecule has 0 aliphatic rings. The van der Waals surface area contributed by atoms with Crippen LogP contribution in [0.3, 0.4) is 0 Å². The highest BCUT2D eigenvalue weighted by molar-refractivity contribution is 7.09. The van der Waals surface area contributed by atoms with Crippen molar-refractivity contribution >= 4 is 23.3 Å². The van der Waals surface area contributed by atoms with Crippen molar-refractivity contribution in [3.63, 3.8) is 0 Å². The van der Waals surface area contributed by atoms with Crippen LogP contribution in [-0.4, -0.2) is 30.6 Å². The minimum absolute atomic E-state index is 0.0451. The van der Waals surface area contributed by atoms with Crippen LogP contribution < -0.4 is 5.73 Å². The fraction of sp³-hybridized carbons (Fsp3) is 0.444. The number of aromatic nitrogens is 1. The van der Waals surface area contributed by atoms with Gasteiger partial charge < -0.3 is 15.2 Å². The molecule has 1 rings (SSSR count). The van der Waals surface area contributed by atoms with E-state index in [1.165, 1.54) is 25.4 Å². The molecular formula is C9H12N2O4S. The molecule has 1 aromatic heterocycles. The van der Waals surface area contributed by atoms with Gasteiger partial charge in [-0.2, -0.15) is 0 Å². The number of hydrogen-bond acceptors (Lipinski definition) is 7. The lowest BCUT2D eigenvalue weighted by Crippen LogP contribution is -2.18. The molecule has 0 aromatic carbocycles. The number of esters is 2.